The molecule has 0 fully saturated rings. The Bertz CT molecular complexity index is 708. The van der Waals surface area contributed by atoms with Crippen LogP contribution in [-0.4, -0.2) is 36.1 Å². The molecule has 120 valence electrons. The molecule has 0 aliphatic carbocycles. The van der Waals surface area contributed by atoms with Gasteiger partial charge in [-0.15, -0.1) is 0 Å². The number of aryl methyl sites for hydroxylation is 1. The number of halogens is 1. The van der Waals surface area contributed by atoms with E-state index in [9.17, 15) is 4.79 Å². The molecule has 0 heterocycles. The Morgan fingerprint density at radius 1 is 1.17 bits per heavy atom. The highest BCUT2D eigenvalue weighted by atomic mass is 79.9. The Labute approximate surface area is 145 Å². The van der Waals surface area contributed by atoms with E-state index in [0.717, 1.165) is 15.6 Å². The van der Waals surface area contributed by atoms with Gasteiger partial charge in [-0.1, -0.05) is 58.4 Å². The van der Waals surface area contributed by atoms with Crippen molar-refractivity contribution >= 4 is 27.5 Å². The summed E-state index contributed by atoms with van der Waals surface area (Å²) in [5.74, 6) is -0.818. The van der Waals surface area contributed by atoms with Crippen LogP contribution in [0, 0.1) is 6.92 Å². The third-order valence-corrected chi connectivity index (χ3v) is 4.13. The Hall–Kier alpha value is -1.91. The average Bonchev–Trinajstić information content (AvgIpc) is 2.50. The number of nitrogens with zero attached hydrogens (tertiary/aromatic N) is 1. The predicted molar refractivity (Wildman–Crippen MR) is 97.5 cm³/mol. The quantitative estimate of drug-likeness (QED) is 0.824. The highest BCUT2D eigenvalue weighted by Gasteiger charge is 2.09. The molecule has 0 spiro atoms. The molecule has 0 aliphatic heterocycles. The van der Waals surface area contributed by atoms with Gasteiger partial charge in [0.05, 0.1) is 6.54 Å². The summed E-state index contributed by atoms with van der Waals surface area (Å²) in [7, 11) is 1.81. The fourth-order valence-electron chi connectivity index (χ4n) is 2.43. The number of likely N-dealkylation sites (N-methyl/N-ethyl adjacent to an activating group) is 1. The smallest absolute Gasteiger partial charge is 0.317 e. The van der Waals surface area contributed by atoms with Crippen molar-refractivity contribution in [3.05, 3.63) is 75.8 Å². The maximum atomic E-state index is 10.8. The maximum absolute atomic E-state index is 10.8. The topological polar surface area (TPSA) is 40.5 Å². The zero-order valence-corrected chi connectivity index (χ0v) is 14.9. The second kappa shape index (κ2) is 8.09. The second-order valence-corrected chi connectivity index (χ2v) is 6.45. The number of aliphatic carboxylic acids is 1. The molecule has 0 amide bonds. The highest BCUT2D eigenvalue weighted by Crippen LogP contribution is 2.27. The molecule has 0 aromatic heterocycles. The van der Waals surface area contributed by atoms with Crippen molar-refractivity contribution in [2.75, 3.05) is 20.1 Å². The van der Waals surface area contributed by atoms with Gasteiger partial charge >= 0.3 is 5.97 Å². The molecule has 0 saturated carbocycles. The summed E-state index contributed by atoms with van der Waals surface area (Å²) in [5.41, 5.74) is 4.60. The van der Waals surface area contributed by atoms with E-state index in [4.69, 9.17) is 5.11 Å². The fraction of sp³-hybridized carbons (Fsp3) is 0.211. The Balaban J connectivity index is 2.37. The third-order valence-electron chi connectivity index (χ3n) is 3.60. The van der Waals surface area contributed by atoms with E-state index in [1.807, 2.05) is 31.3 Å². The standard InChI is InChI=1S/C19H20BrNO2/c1-14-5-3-4-6-17(14)18(11-12-21(2)13-19(22)23)15-7-9-16(20)10-8-15/h3-11H,12-13H2,1-2H3,(H,22,23)/b18-11-. The third kappa shape index (κ3) is 5.05. The van der Waals surface area contributed by atoms with Crippen LogP contribution in [0.5, 0.6) is 0 Å². The van der Waals surface area contributed by atoms with Crippen LogP contribution in [0.1, 0.15) is 16.7 Å². The number of hydrogen-bond donors (Lipinski definition) is 1. The summed E-state index contributed by atoms with van der Waals surface area (Å²) in [6.45, 7) is 2.69. The van der Waals surface area contributed by atoms with E-state index < -0.39 is 5.97 Å². The van der Waals surface area contributed by atoms with Crippen LogP contribution >= 0.6 is 15.9 Å². The first-order valence-electron chi connectivity index (χ1n) is 7.40. The van der Waals surface area contributed by atoms with Gasteiger partial charge in [0.15, 0.2) is 0 Å². The zero-order chi connectivity index (χ0) is 16.8. The van der Waals surface area contributed by atoms with E-state index in [1.54, 1.807) is 4.90 Å². The molecule has 0 saturated heterocycles. The lowest BCUT2D eigenvalue weighted by atomic mass is 9.94. The van der Waals surface area contributed by atoms with E-state index in [1.165, 1.54) is 11.1 Å². The molecule has 1 N–H and O–H groups in total. The van der Waals surface area contributed by atoms with Gasteiger partial charge in [0.2, 0.25) is 0 Å². The van der Waals surface area contributed by atoms with Gasteiger partial charge in [0, 0.05) is 11.0 Å². The van der Waals surface area contributed by atoms with Gasteiger partial charge in [0.1, 0.15) is 0 Å². The average molecular weight is 374 g/mol. The minimum atomic E-state index is -0.818. The molecule has 2 rings (SSSR count). The predicted octanol–water partition coefficient (Wildman–Crippen LogP) is 4.21. The number of carbonyl (C=O) groups is 1. The van der Waals surface area contributed by atoms with Crippen LogP contribution < -0.4 is 0 Å². The molecule has 0 radical (unpaired) electrons. The largest absolute Gasteiger partial charge is 0.480 e. The lowest BCUT2D eigenvalue weighted by Gasteiger charge is -2.15. The summed E-state index contributed by atoms with van der Waals surface area (Å²) < 4.78 is 1.04. The number of benzene rings is 2. The molecule has 0 aliphatic rings. The van der Waals surface area contributed by atoms with E-state index >= 15 is 0 Å². The van der Waals surface area contributed by atoms with Gasteiger partial charge < -0.3 is 5.11 Å². The first-order chi connectivity index (χ1) is 11.0. The summed E-state index contributed by atoms with van der Waals surface area (Å²) in [5, 5.41) is 8.89. The number of carboxylic acids is 1. The summed E-state index contributed by atoms with van der Waals surface area (Å²) in [4.78, 5) is 12.6. The number of hydrogen-bond acceptors (Lipinski definition) is 2. The van der Waals surface area contributed by atoms with Crippen molar-refractivity contribution in [2.45, 2.75) is 6.92 Å². The molecule has 3 nitrogen and oxygen atoms in total. The highest BCUT2D eigenvalue weighted by molar-refractivity contribution is 9.10. The molecule has 0 atom stereocenters. The van der Waals surface area contributed by atoms with E-state index in [2.05, 4.69) is 53.2 Å². The number of carboxylic acid groups (broad SMARTS) is 1. The lowest BCUT2D eigenvalue weighted by molar-refractivity contribution is -0.137. The monoisotopic (exact) mass is 373 g/mol. The van der Waals surface area contributed by atoms with Crippen molar-refractivity contribution in [2.24, 2.45) is 0 Å². The summed E-state index contributed by atoms with van der Waals surface area (Å²) >= 11 is 3.46. The summed E-state index contributed by atoms with van der Waals surface area (Å²) in [6, 6.07) is 16.4. The van der Waals surface area contributed by atoms with Gasteiger partial charge in [-0.2, -0.15) is 0 Å². The Kier molecular flexibility index (Phi) is 6.13. The molecular weight excluding hydrogens is 354 g/mol. The van der Waals surface area contributed by atoms with Crippen LogP contribution in [0.3, 0.4) is 0 Å². The lowest BCUT2D eigenvalue weighted by Crippen LogP contribution is -2.25. The van der Waals surface area contributed by atoms with Crippen molar-refractivity contribution in [1.82, 2.24) is 4.90 Å². The molecule has 2 aromatic carbocycles. The SMILES string of the molecule is Cc1ccccc1/C(=C\CN(C)CC(=O)O)c1ccc(Br)cc1. The second-order valence-electron chi connectivity index (χ2n) is 5.53. The minimum absolute atomic E-state index is 0.0257. The fourth-order valence-corrected chi connectivity index (χ4v) is 2.69. The Morgan fingerprint density at radius 2 is 1.83 bits per heavy atom. The van der Waals surface area contributed by atoms with E-state index in [0.29, 0.717) is 6.54 Å². The van der Waals surface area contributed by atoms with Gasteiger partial charge in [0.25, 0.3) is 0 Å². The van der Waals surface area contributed by atoms with Crippen molar-refractivity contribution in [1.29, 1.82) is 0 Å². The molecule has 0 unspecified atom stereocenters. The van der Waals surface area contributed by atoms with Crippen LogP contribution in [-0.2, 0) is 4.79 Å². The van der Waals surface area contributed by atoms with E-state index in [-0.39, 0.29) is 6.54 Å². The van der Waals surface area contributed by atoms with Gasteiger partial charge in [-0.05, 0) is 48.4 Å². The molecule has 23 heavy (non-hydrogen) atoms. The van der Waals surface area contributed by atoms with Crippen LogP contribution in [0.4, 0.5) is 0 Å². The molecule has 2 aromatic rings. The van der Waals surface area contributed by atoms with Gasteiger partial charge in [-0.3, -0.25) is 9.69 Å². The van der Waals surface area contributed by atoms with Gasteiger partial charge in [-0.25, -0.2) is 0 Å². The van der Waals surface area contributed by atoms with Crippen molar-refractivity contribution < 1.29 is 9.90 Å². The van der Waals surface area contributed by atoms with Crippen LogP contribution in [0.2, 0.25) is 0 Å². The zero-order valence-electron chi connectivity index (χ0n) is 13.3. The molecule has 4 heteroatoms. The van der Waals surface area contributed by atoms with Crippen molar-refractivity contribution in [3.8, 4) is 0 Å². The van der Waals surface area contributed by atoms with Crippen LogP contribution in [0.25, 0.3) is 5.57 Å². The first-order valence-corrected chi connectivity index (χ1v) is 8.19. The molecular formula is C19H20BrNO2. The number of rotatable bonds is 6. The normalized spacial score (nSPS) is 11.7. The maximum Gasteiger partial charge on any atom is 0.317 e. The van der Waals surface area contributed by atoms with Crippen molar-refractivity contribution in [3.63, 3.8) is 0 Å². The Morgan fingerprint density at radius 3 is 2.43 bits per heavy atom. The van der Waals surface area contributed by atoms with Crippen LogP contribution in [0.15, 0.2) is 59.1 Å². The minimum Gasteiger partial charge on any atom is -0.480 e. The first kappa shape index (κ1) is 17.4. The molecule has 0 bridgehead atoms. The summed E-state index contributed by atoms with van der Waals surface area (Å²) in [6.07, 6.45) is 2.09.